The van der Waals surface area contributed by atoms with E-state index in [1.807, 2.05) is 10.8 Å². The number of nitrogens with zero attached hydrogens (tertiary/aromatic N) is 1. The van der Waals surface area contributed by atoms with E-state index < -0.39 is 5.82 Å². The minimum Gasteiger partial charge on any atom is -0.349 e. The maximum Gasteiger partial charge on any atom is 0.252 e. The van der Waals surface area contributed by atoms with Gasteiger partial charge in [-0.25, -0.2) is 4.39 Å². The van der Waals surface area contributed by atoms with Gasteiger partial charge in [-0.3, -0.25) is 14.4 Å². The lowest BCUT2D eigenvalue weighted by Gasteiger charge is -2.32. The molecule has 0 spiro atoms. The maximum atomic E-state index is 14.1. The van der Waals surface area contributed by atoms with E-state index in [9.17, 15) is 18.8 Å². The maximum absolute atomic E-state index is 14.1. The zero-order chi connectivity index (χ0) is 20.1. The van der Waals surface area contributed by atoms with Crippen LogP contribution in [0.4, 0.5) is 4.39 Å². The van der Waals surface area contributed by atoms with Crippen molar-refractivity contribution in [3.05, 3.63) is 52.0 Å². The van der Waals surface area contributed by atoms with Gasteiger partial charge in [-0.05, 0) is 43.3 Å². The number of nitrogens with one attached hydrogen (secondary N) is 1. The van der Waals surface area contributed by atoms with Gasteiger partial charge in [0.1, 0.15) is 5.82 Å². The second-order valence-corrected chi connectivity index (χ2v) is 8.43. The van der Waals surface area contributed by atoms with Crippen molar-refractivity contribution in [3.8, 4) is 0 Å². The Labute approximate surface area is 171 Å². The van der Waals surface area contributed by atoms with Crippen molar-refractivity contribution in [1.29, 1.82) is 0 Å². The van der Waals surface area contributed by atoms with Crippen LogP contribution in [0.3, 0.4) is 0 Å². The van der Waals surface area contributed by atoms with Crippen LogP contribution < -0.4 is 5.32 Å². The Balaban J connectivity index is 1.45. The van der Waals surface area contributed by atoms with Crippen molar-refractivity contribution < 1.29 is 18.8 Å². The van der Waals surface area contributed by atoms with Gasteiger partial charge in [0, 0.05) is 40.5 Å². The Bertz CT molecular complexity index is 862. The molecule has 1 aliphatic rings. The van der Waals surface area contributed by atoms with E-state index >= 15 is 0 Å². The highest BCUT2D eigenvalue weighted by molar-refractivity contribution is 8.00. The molecule has 2 amide bonds. The van der Waals surface area contributed by atoms with Crippen LogP contribution in [0.25, 0.3) is 0 Å². The highest BCUT2D eigenvalue weighted by Crippen LogP contribution is 2.24. The smallest absolute Gasteiger partial charge is 0.252 e. The first-order chi connectivity index (χ1) is 13.4. The summed E-state index contributed by atoms with van der Waals surface area (Å²) in [6, 6.07) is 6.16. The Kier molecular flexibility index (Phi) is 6.85. The Morgan fingerprint density at radius 1 is 1.21 bits per heavy atom. The fraction of sp³-hybridized carbons (Fsp3) is 0.350. The number of benzene rings is 1. The summed E-state index contributed by atoms with van der Waals surface area (Å²) in [5.41, 5.74) is 0.984. The number of carbonyl (C=O) groups excluding carboxylic acids is 3. The number of carbonyl (C=O) groups is 3. The van der Waals surface area contributed by atoms with Crippen LogP contribution >= 0.6 is 23.1 Å². The monoisotopic (exact) mass is 420 g/mol. The summed E-state index contributed by atoms with van der Waals surface area (Å²) in [6.45, 7) is 2.52. The molecule has 1 fully saturated rings. The van der Waals surface area contributed by atoms with E-state index in [0.717, 1.165) is 11.8 Å². The molecule has 8 heteroatoms. The molecule has 0 saturated carbocycles. The van der Waals surface area contributed by atoms with Crippen LogP contribution in [-0.4, -0.2) is 47.4 Å². The minimum absolute atomic E-state index is 0.0531. The summed E-state index contributed by atoms with van der Waals surface area (Å²) >= 11 is 2.61. The molecule has 0 radical (unpaired) electrons. The highest BCUT2D eigenvalue weighted by Gasteiger charge is 2.24. The van der Waals surface area contributed by atoms with Crippen LogP contribution in [0.5, 0.6) is 0 Å². The standard InChI is InChI=1S/C20H21FN2O3S2/c1-13(24)14-2-3-18(17(21)10-14)28-12-19(25)23-7-4-16(5-8-23)22-20(26)15-6-9-27-11-15/h2-3,6,9-11,16H,4-5,7-8,12H2,1H3,(H,22,26). The van der Waals surface area contributed by atoms with E-state index in [0.29, 0.717) is 42.0 Å². The molecule has 2 aromatic rings. The largest absolute Gasteiger partial charge is 0.349 e. The summed E-state index contributed by atoms with van der Waals surface area (Å²) in [7, 11) is 0. The molecule has 0 aliphatic carbocycles. The van der Waals surface area contributed by atoms with Gasteiger partial charge >= 0.3 is 0 Å². The quantitative estimate of drug-likeness (QED) is 0.573. The first kappa shape index (κ1) is 20.5. The highest BCUT2D eigenvalue weighted by atomic mass is 32.2. The van der Waals surface area contributed by atoms with Crippen molar-refractivity contribution in [2.45, 2.75) is 30.7 Å². The first-order valence-electron chi connectivity index (χ1n) is 8.98. The molecule has 1 aromatic carbocycles. The Morgan fingerprint density at radius 3 is 2.57 bits per heavy atom. The second-order valence-electron chi connectivity index (χ2n) is 6.63. The molecular formula is C20H21FN2O3S2. The van der Waals surface area contributed by atoms with Gasteiger partial charge in [-0.15, -0.1) is 11.8 Å². The van der Waals surface area contributed by atoms with Crippen molar-refractivity contribution in [2.24, 2.45) is 0 Å². The van der Waals surface area contributed by atoms with E-state index in [4.69, 9.17) is 0 Å². The predicted molar refractivity (Wildman–Crippen MR) is 109 cm³/mol. The lowest BCUT2D eigenvalue weighted by Crippen LogP contribution is -2.47. The lowest BCUT2D eigenvalue weighted by molar-refractivity contribution is -0.129. The Hall–Kier alpha value is -2.19. The van der Waals surface area contributed by atoms with E-state index in [2.05, 4.69) is 5.32 Å². The Morgan fingerprint density at radius 2 is 1.96 bits per heavy atom. The second kappa shape index (κ2) is 9.34. The van der Waals surface area contributed by atoms with Crippen molar-refractivity contribution in [3.63, 3.8) is 0 Å². The number of likely N-dealkylation sites (tertiary alicyclic amines) is 1. The molecule has 1 N–H and O–H groups in total. The summed E-state index contributed by atoms with van der Waals surface area (Å²) in [6.07, 6.45) is 1.40. The molecule has 0 unspecified atom stereocenters. The van der Waals surface area contributed by atoms with Crippen molar-refractivity contribution in [1.82, 2.24) is 10.2 Å². The van der Waals surface area contributed by atoms with Crippen molar-refractivity contribution in [2.75, 3.05) is 18.8 Å². The topological polar surface area (TPSA) is 66.5 Å². The molecule has 5 nitrogen and oxygen atoms in total. The molecule has 0 atom stereocenters. The number of halogens is 1. The van der Waals surface area contributed by atoms with Gasteiger partial charge in [-0.2, -0.15) is 11.3 Å². The molecule has 3 rings (SSSR count). The molecule has 1 aliphatic heterocycles. The predicted octanol–water partition coefficient (Wildman–Crippen LogP) is 3.60. The SMILES string of the molecule is CC(=O)c1ccc(SCC(=O)N2CCC(NC(=O)c3ccsc3)CC2)c(F)c1. The lowest BCUT2D eigenvalue weighted by atomic mass is 10.0. The molecular weight excluding hydrogens is 399 g/mol. The number of ketones is 1. The van der Waals surface area contributed by atoms with E-state index in [1.54, 1.807) is 17.0 Å². The third-order valence-corrected chi connectivity index (χ3v) is 6.37. The zero-order valence-electron chi connectivity index (χ0n) is 15.4. The van der Waals surface area contributed by atoms with Gasteiger partial charge < -0.3 is 10.2 Å². The molecule has 148 valence electrons. The van der Waals surface area contributed by atoms with Gasteiger partial charge in [0.05, 0.1) is 5.75 Å². The average molecular weight is 421 g/mol. The first-order valence-corrected chi connectivity index (χ1v) is 10.9. The number of hydrogen-bond donors (Lipinski definition) is 1. The third kappa shape index (κ3) is 5.20. The number of piperidine rings is 1. The number of hydrogen-bond acceptors (Lipinski definition) is 5. The molecule has 1 aromatic heterocycles. The number of rotatable bonds is 6. The number of thioether (sulfide) groups is 1. The summed E-state index contributed by atoms with van der Waals surface area (Å²) in [5.74, 6) is -0.669. The van der Waals surface area contributed by atoms with Gasteiger partial charge in [0.25, 0.3) is 5.91 Å². The average Bonchev–Trinajstić information content (AvgIpc) is 3.22. The molecule has 28 heavy (non-hydrogen) atoms. The fourth-order valence-electron chi connectivity index (χ4n) is 3.00. The van der Waals surface area contributed by atoms with Crippen LogP contribution in [0.1, 0.15) is 40.5 Å². The van der Waals surface area contributed by atoms with Crippen LogP contribution in [0, 0.1) is 5.82 Å². The van der Waals surface area contributed by atoms with Crippen LogP contribution in [0.2, 0.25) is 0 Å². The van der Waals surface area contributed by atoms with Gasteiger partial charge in [0.2, 0.25) is 5.91 Å². The zero-order valence-corrected chi connectivity index (χ0v) is 17.1. The third-order valence-electron chi connectivity index (χ3n) is 4.66. The fourth-order valence-corrected chi connectivity index (χ4v) is 4.46. The normalized spacial score (nSPS) is 14.7. The number of thiophene rings is 1. The van der Waals surface area contributed by atoms with E-state index in [-0.39, 0.29) is 29.4 Å². The van der Waals surface area contributed by atoms with Gasteiger partial charge in [-0.1, -0.05) is 6.07 Å². The molecule has 0 bridgehead atoms. The van der Waals surface area contributed by atoms with Crippen LogP contribution in [-0.2, 0) is 4.79 Å². The summed E-state index contributed by atoms with van der Waals surface area (Å²) in [4.78, 5) is 37.9. The minimum atomic E-state index is -0.486. The van der Waals surface area contributed by atoms with Gasteiger partial charge in [0.15, 0.2) is 5.78 Å². The van der Waals surface area contributed by atoms with E-state index in [1.165, 1.54) is 30.4 Å². The number of Topliss-reactive ketones (excluding diaryl/α,β-unsaturated/α-hetero) is 1. The number of amides is 2. The molecule has 1 saturated heterocycles. The summed E-state index contributed by atoms with van der Waals surface area (Å²) in [5, 5.41) is 6.69. The van der Waals surface area contributed by atoms with Crippen molar-refractivity contribution >= 4 is 40.7 Å². The van der Waals surface area contributed by atoms with Crippen LogP contribution in [0.15, 0.2) is 39.9 Å². The molecule has 2 heterocycles. The summed E-state index contributed by atoms with van der Waals surface area (Å²) < 4.78 is 14.1.